The highest BCUT2D eigenvalue weighted by molar-refractivity contribution is 7.16. The molecule has 0 fully saturated rings. The van der Waals surface area contributed by atoms with E-state index in [9.17, 15) is 19.2 Å². The van der Waals surface area contributed by atoms with Crippen LogP contribution in [0, 0.1) is 0 Å². The molecule has 0 saturated carbocycles. The maximum atomic E-state index is 14.0. The van der Waals surface area contributed by atoms with Crippen molar-refractivity contribution in [2.45, 2.75) is 12.0 Å². The Morgan fingerprint density at radius 3 is 2.52 bits per heavy atom. The molecule has 1 unspecified atom stereocenters. The molecular weight excluding hydrogens is 526 g/mol. The Bertz CT molecular complexity index is 2120. The van der Waals surface area contributed by atoms with Gasteiger partial charge in [0.1, 0.15) is 6.33 Å². The van der Waals surface area contributed by atoms with E-state index in [0.717, 1.165) is 27.5 Å². The molecule has 7 rings (SSSR count). The van der Waals surface area contributed by atoms with Crippen molar-refractivity contribution in [1.82, 2.24) is 14.5 Å². The van der Waals surface area contributed by atoms with E-state index in [1.807, 2.05) is 42.5 Å². The molecule has 2 heterocycles. The van der Waals surface area contributed by atoms with Crippen LogP contribution in [-0.2, 0) is 22.2 Å². The number of carbonyl (C=O) groups is 3. The van der Waals surface area contributed by atoms with Crippen LogP contribution in [0.3, 0.4) is 0 Å². The van der Waals surface area contributed by atoms with E-state index in [1.54, 1.807) is 31.3 Å². The Morgan fingerprint density at radius 1 is 0.925 bits per heavy atom. The van der Waals surface area contributed by atoms with Crippen LogP contribution in [0.5, 0.6) is 0 Å². The first kappa shape index (κ1) is 24.1. The van der Waals surface area contributed by atoms with E-state index < -0.39 is 23.8 Å². The summed E-state index contributed by atoms with van der Waals surface area (Å²) in [6, 6.07) is 20.3. The van der Waals surface area contributed by atoms with Crippen LogP contribution in [0.15, 0.2) is 90.2 Å². The van der Waals surface area contributed by atoms with E-state index in [2.05, 4.69) is 9.97 Å². The summed E-state index contributed by atoms with van der Waals surface area (Å²) in [5, 5.41) is 3.50. The largest absolute Gasteiger partial charge is 0.437 e. The monoisotopic (exact) mass is 545 g/mol. The fraction of sp³-hybridized carbons (Fsp3) is 0.0968. The second-order valence-corrected chi connectivity index (χ2v) is 10.7. The zero-order valence-electron chi connectivity index (χ0n) is 21.1. The standard InChI is InChI=1S/C31H19N3O5S/c1-34-24-11-7-19(12-26(24)40-30(34)38)31(39-29(37)18-14-32-16-33-15-18)23-10-9-21-20-5-3-2-4-17(20)6-8-22(21)28(23)25(35)13-27(31)36/h2-12,14-16H,13H2,1H3. The van der Waals surface area contributed by atoms with E-state index in [4.69, 9.17) is 4.74 Å². The Kier molecular flexibility index (Phi) is 5.26. The van der Waals surface area contributed by atoms with Gasteiger partial charge in [-0.2, -0.15) is 0 Å². The molecule has 1 aliphatic rings. The second kappa shape index (κ2) is 8.75. The lowest BCUT2D eigenvalue weighted by Gasteiger charge is -2.37. The number of aryl methyl sites for hydroxylation is 1. The van der Waals surface area contributed by atoms with Gasteiger partial charge in [0.2, 0.25) is 5.60 Å². The average Bonchev–Trinajstić information content (AvgIpc) is 3.27. The minimum Gasteiger partial charge on any atom is -0.437 e. The molecule has 0 N–H and O–H groups in total. The van der Waals surface area contributed by atoms with E-state index >= 15 is 0 Å². The van der Waals surface area contributed by atoms with Crippen molar-refractivity contribution in [2.24, 2.45) is 7.05 Å². The molecule has 6 aromatic rings. The molecule has 4 aromatic carbocycles. The number of hydrogen-bond donors (Lipinski definition) is 0. The van der Waals surface area contributed by atoms with Crippen LogP contribution in [0.2, 0.25) is 0 Å². The zero-order valence-corrected chi connectivity index (χ0v) is 21.9. The summed E-state index contributed by atoms with van der Waals surface area (Å²) in [4.78, 5) is 61.1. The Labute approximate surface area is 230 Å². The highest BCUT2D eigenvalue weighted by Gasteiger charge is 2.52. The Hall–Kier alpha value is -5.02. The van der Waals surface area contributed by atoms with Crippen molar-refractivity contribution >= 4 is 60.6 Å². The number of fused-ring (bicyclic) bond motifs is 6. The maximum absolute atomic E-state index is 14.0. The van der Waals surface area contributed by atoms with Gasteiger partial charge < -0.3 is 9.30 Å². The molecule has 0 bridgehead atoms. The Morgan fingerprint density at radius 2 is 1.70 bits per heavy atom. The molecule has 0 aliphatic heterocycles. The molecule has 0 radical (unpaired) electrons. The van der Waals surface area contributed by atoms with Crippen molar-refractivity contribution in [3.8, 4) is 0 Å². The predicted molar refractivity (Wildman–Crippen MR) is 151 cm³/mol. The molecule has 8 nitrogen and oxygen atoms in total. The average molecular weight is 546 g/mol. The van der Waals surface area contributed by atoms with Gasteiger partial charge in [0.15, 0.2) is 11.6 Å². The number of nitrogens with zero attached hydrogens (tertiary/aromatic N) is 3. The molecule has 1 atom stereocenters. The highest BCUT2D eigenvalue weighted by atomic mass is 32.1. The summed E-state index contributed by atoms with van der Waals surface area (Å²) < 4.78 is 8.30. The number of ketones is 2. The molecule has 40 heavy (non-hydrogen) atoms. The summed E-state index contributed by atoms with van der Waals surface area (Å²) in [5.74, 6) is -1.73. The normalized spacial score (nSPS) is 16.9. The van der Waals surface area contributed by atoms with Gasteiger partial charge in [-0.15, -0.1) is 0 Å². The summed E-state index contributed by atoms with van der Waals surface area (Å²) in [7, 11) is 1.67. The van der Waals surface area contributed by atoms with Crippen LogP contribution in [0.25, 0.3) is 31.8 Å². The topological polar surface area (TPSA) is 108 Å². The van der Waals surface area contributed by atoms with Crippen molar-refractivity contribution in [3.05, 3.63) is 117 Å². The fourth-order valence-corrected chi connectivity index (χ4v) is 6.55. The van der Waals surface area contributed by atoms with E-state index in [0.29, 0.717) is 26.7 Å². The lowest BCUT2D eigenvalue weighted by molar-refractivity contribution is -0.135. The molecule has 0 amide bonds. The first-order valence-corrected chi connectivity index (χ1v) is 13.3. The number of Topliss-reactive ketones (excluding diaryl/α,β-unsaturated/α-hetero) is 2. The highest BCUT2D eigenvalue weighted by Crippen LogP contribution is 2.46. The minimum atomic E-state index is -1.93. The number of esters is 1. The zero-order chi connectivity index (χ0) is 27.6. The number of hydrogen-bond acceptors (Lipinski definition) is 8. The fourth-order valence-electron chi connectivity index (χ4n) is 5.63. The van der Waals surface area contributed by atoms with Crippen molar-refractivity contribution in [1.29, 1.82) is 0 Å². The summed E-state index contributed by atoms with van der Waals surface area (Å²) in [6.45, 7) is 0. The first-order valence-electron chi connectivity index (χ1n) is 12.5. The quantitative estimate of drug-likeness (QED) is 0.176. The third-order valence-electron chi connectivity index (χ3n) is 7.54. The second-order valence-electron chi connectivity index (χ2n) is 9.70. The number of rotatable bonds is 3. The van der Waals surface area contributed by atoms with Gasteiger partial charge in [-0.1, -0.05) is 65.9 Å². The molecule has 0 spiro atoms. The van der Waals surface area contributed by atoms with Crippen molar-refractivity contribution in [2.75, 3.05) is 0 Å². The lowest BCUT2D eigenvalue weighted by atomic mass is 9.71. The van der Waals surface area contributed by atoms with E-state index in [-0.39, 0.29) is 21.8 Å². The van der Waals surface area contributed by atoms with Crippen molar-refractivity contribution < 1.29 is 19.1 Å². The summed E-state index contributed by atoms with van der Waals surface area (Å²) in [5.41, 5.74) is -0.223. The van der Waals surface area contributed by atoms with Gasteiger partial charge in [-0.05, 0) is 33.7 Å². The Balaban J connectivity index is 1.55. The number of carbonyl (C=O) groups excluding carboxylic acids is 3. The number of benzene rings is 4. The first-order chi connectivity index (χ1) is 19.4. The van der Waals surface area contributed by atoms with Crippen LogP contribution in [-0.4, -0.2) is 32.1 Å². The molecule has 0 saturated heterocycles. The molecule has 1 aliphatic carbocycles. The predicted octanol–water partition coefficient (Wildman–Crippen LogP) is 4.95. The summed E-state index contributed by atoms with van der Waals surface area (Å²) in [6.07, 6.45) is 3.44. The molecule has 9 heteroatoms. The smallest absolute Gasteiger partial charge is 0.342 e. The maximum Gasteiger partial charge on any atom is 0.342 e. The van der Waals surface area contributed by atoms with Gasteiger partial charge >= 0.3 is 10.8 Å². The van der Waals surface area contributed by atoms with Crippen LogP contribution in [0.4, 0.5) is 0 Å². The third kappa shape index (κ3) is 3.37. The van der Waals surface area contributed by atoms with Gasteiger partial charge in [0.05, 0.1) is 22.2 Å². The van der Waals surface area contributed by atoms with Crippen LogP contribution in [0.1, 0.15) is 38.3 Å². The molecular formula is C31H19N3O5S. The molecule has 2 aromatic heterocycles. The van der Waals surface area contributed by atoms with Gasteiger partial charge in [0.25, 0.3) is 0 Å². The van der Waals surface area contributed by atoms with Crippen LogP contribution >= 0.6 is 11.3 Å². The van der Waals surface area contributed by atoms with E-state index in [1.165, 1.54) is 23.3 Å². The molecule has 194 valence electrons. The van der Waals surface area contributed by atoms with Gasteiger partial charge in [0, 0.05) is 36.1 Å². The third-order valence-corrected chi connectivity index (χ3v) is 8.53. The SMILES string of the molecule is Cn1c(=O)sc2cc(C3(OC(=O)c4cncnc4)C(=O)CC(=O)c4c3ccc3c4ccc4ccccc43)ccc21. The minimum absolute atomic E-state index is 0.0605. The lowest BCUT2D eigenvalue weighted by Crippen LogP contribution is -2.47. The van der Waals surface area contributed by atoms with Crippen LogP contribution < -0.4 is 4.87 Å². The summed E-state index contributed by atoms with van der Waals surface area (Å²) >= 11 is 1.03. The number of thiazole rings is 1. The van der Waals surface area contributed by atoms with Crippen molar-refractivity contribution in [3.63, 3.8) is 0 Å². The van der Waals surface area contributed by atoms with Gasteiger partial charge in [-0.3, -0.25) is 14.4 Å². The van der Waals surface area contributed by atoms with Gasteiger partial charge in [-0.25, -0.2) is 14.8 Å². The number of aromatic nitrogens is 3. The number of ether oxygens (including phenoxy) is 1.